The molecular weight excluding hydrogens is 789 g/mol. The quantitative estimate of drug-likeness (QED) is 0.162. The van der Waals surface area contributed by atoms with Crippen molar-refractivity contribution in [1.29, 1.82) is 0 Å². The normalized spacial score (nSPS) is 14.8. The van der Waals surface area contributed by atoms with Crippen LogP contribution in [0.1, 0.15) is 49.9 Å². The Bertz CT molecular complexity index is 3570. The molecule has 0 spiro atoms. The van der Waals surface area contributed by atoms with E-state index in [9.17, 15) is 0 Å². The zero-order valence-electron chi connectivity index (χ0n) is 35.7. The van der Waals surface area contributed by atoms with Crippen molar-refractivity contribution in [3.63, 3.8) is 0 Å². The summed E-state index contributed by atoms with van der Waals surface area (Å²) in [7, 11) is 0. The minimum atomic E-state index is -0.233. The van der Waals surface area contributed by atoms with Crippen LogP contribution in [-0.4, -0.2) is 19.9 Å². The van der Waals surface area contributed by atoms with Crippen LogP contribution >= 0.6 is 0 Å². The Morgan fingerprint density at radius 3 is 1.42 bits per heavy atom. The topological polar surface area (TPSA) is 84.3 Å². The number of hydrogen-bond donors (Lipinski definition) is 0. The molecule has 0 fully saturated rings. The summed E-state index contributed by atoms with van der Waals surface area (Å²) in [5.41, 5.74) is 15.1. The van der Waals surface area contributed by atoms with Gasteiger partial charge in [-0.15, -0.1) is 0 Å². The van der Waals surface area contributed by atoms with E-state index in [0.29, 0.717) is 34.2 Å². The van der Waals surface area contributed by atoms with E-state index in [0.717, 1.165) is 66.8 Å². The Morgan fingerprint density at radius 1 is 0.406 bits per heavy atom. The molecule has 0 atom stereocenters. The second-order valence-corrected chi connectivity index (χ2v) is 17.9. The van der Waals surface area contributed by atoms with Crippen LogP contribution in [0.25, 0.3) is 66.9 Å². The van der Waals surface area contributed by atoms with Gasteiger partial charge in [-0.05, 0) is 111 Å². The Morgan fingerprint density at radius 2 is 0.875 bits per heavy atom. The van der Waals surface area contributed by atoms with Crippen molar-refractivity contribution in [2.45, 2.75) is 38.5 Å². The SMILES string of the molecule is CC1(C)c2ccccc2N(c2cc(-c3nc4cccnc4o3)c3ccc4c(N5c6ccccc6C(C)(C)c6ccccc65)cc(-c5nc6cccnc6o5)cc4c3c2)c2ccccc21. The average Bonchev–Trinajstić information content (AvgIpc) is 3.97. The third kappa shape index (κ3) is 5.16. The molecule has 0 aliphatic carbocycles. The largest absolute Gasteiger partial charge is 0.418 e. The van der Waals surface area contributed by atoms with Crippen molar-refractivity contribution in [1.82, 2.24) is 19.9 Å². The van der Waals surface area contributed by atoms with Crippen LogP contribution in [0.5, 0.6) is 0 Å². The fraction of sp³-hybridized carbons (Fsp3) is 0.107. The zero-order chi connectivity index (χ0) is 42.9. The molecule has 0 saturated carbocycles. The molecule has 0 radical (unpaired) electrons. The summed E-state index contributed by atoms with van der Waals surface area (Å²) in [5, 5.41) is 4.11. The van der Waals surface area contributed by atoms with Gasteiger partial charge < -0.3 is 18.6 Å². The molecule has 0 unspecified atom stereocenters. The van der Waals surface area contributed by atoms with Gasteiger partial charge in [-0.25, -0.2) is 19.9 Å². The van der Waals surface area contributed by atoms with Gasteiger partial charge in [-0.3, -0.25) is 0 Å². The summed E-state index contributed by atoms with van der Waals surface area (Å²) in [6, 6.07) is 56.2. The minimum absolute atomic E-state index is 0.226. The number of rotatable bonds is 4. The van der Waals surface area contributed by atoms with Gasteiger partial charge >= 0.3 is 0 Å². The molecule has 64 heavy (non-hydrogen) atoms. The van der Waals surface area contributed by atoms with Gasteiger partial charge in [0.25, 0.3) is 0 Å². The van der Waals surface area contributed by atoms with E-state index in [1.54, 1.807) is 12.4 Å². The molecule has 0 bridgehead atoms. The summed E-state index contributed by atoms with van der Waals surface area (Å²) >= 11 is 0. The Labute approximate surface area is 369 Å². The second kappa shape index (κ2) is 13.2. The summed E-state index contributed by atoms with van der Waals surface area (Å²) in [6.07, 6.45) is 3.48. The first kappa shape index (κ1) is 36.5. The highest BCUT2D eigenvalue weighted by Gasteiger charge is 2.39. The molecule has 2 aliphatic rings. The van der Waals surface area contributed by atoms with Crippen molar-refractivity contribution in [2.75, 3.05) is 9.80 Å². The van der Waals surface area contributed by atoms with E-state index in [1.165, 1.54) is 22.3 Å². The van der Waals surface area contributed by atoms with E-state index >= 15 is 0 Å². The van der Waals surface area contributed by atoms with Crippen LogP contribution in [0.15, 0.2) is 179 Å². The third-order valence-corrected chi connectivity index (χ3v) is 13.6. The number of oxazole rings is 2. The molecule has 7 aromatic carbocycles. The minimum Gasteiger partial charge on any atom is -0.418 e. The van der Waals surface area contributed by atoms with Gasteiger partial charge in [0.1, 0.15) is 11.0 Å². The van der Waals surface area contributed by atoms with Crippen molar-refractivity contribution in [2.24, 2.45) is 0 Å². The predicted molar refractivity (Wildman–Crippen MR) is 257 cm³/mol. The van der Waals surface area contributed by atoms with Crippen LogP contribution in [-0.2, 0) is 10.8 Å². The van der Waals surface area contributed by atoms with Crippen molar-refractivity contribution in [3.8, 4) is 22.9 Å². The van der Waals surface area contributed by atoms with Gasteiger partial charge in [0.15, 0.2) is 0 Å². The number of aromatic nitrogens is 4. The van der Waals surface area contributed by atoms with Gasteiger partial charge in [0, 0.05) is 45.4 Å². The first-order chi connectivity index (χ1) is 31.2. The molecule has 0 amide bonds. The molecular formula is C56H40N6O2. The van der Waals surface area contributed by atoms with E-state index < -0.39 is 0 Å². The lowest BCUT2D eigenvalue weighted by Gasteiger charge is -2.42. The highest BCUT2D eigenvalue weighted by atomic mass is 16.4. The summed E-state index contributed by atoms with van der Waals surface area (Å²) < 4.78 is 13.0. The Kier molecular flexibility index (Phi) is 7.54. The molecule has 11 aromatic rings. The first-order valence-corrected chi connectivity index (χ1v) is 21.7. The van der Waals surface area contributed by atoms with E-state index in [2.05, 4.69) is 181 Å². The smallest absolute Gasteiger partial charge is 0.247 e. The zero-order valence-corrected chi connectivity index (χ0v) is 35.7. The van der Waals surface area contributed by atoms with E-state index in [-0.39, 0.29) is 10.8 Å². The molecule has 0 N–H and O–H groups in total. The lowest BCUT2D eigenvalue weighted by atomic mass is 9.73. The van der Waals surface area contributed by atoms with Crippen molar-refractivity contribution >= 4 is 78.1 Å². The third-order valence-electron chi connectivity index (χ3n) is 13.6. The van der Waals surface area contributed by atoms with E-state index in [1.807, 2.05) is 24.3 Å². The first-order valence-electron chi connectivity index (χ1n) is 21.7. The molecule has 306 valence electrons. The summed E-state index contributed by atoms with van der Waals surface area (Å²) in [5.74, 6) is 0.997. The van der Waals surface area contributed by atoms with Crippen LogP contribution < -0.4 is 9.80 Å². The Balaban J connectivity index is 1.17. The molecule has 13 rings (SSSR count). The highest BCUT2D eigenvalue weighted by molar-refractivity contribution is 6.18. The molecule has 4 aromatic heterocycles. The number of nitrogens with zero attached hydrogens (tertiary/aromatic N) is 6. The van der Waals surface area contributed by atoms with Gasteiger partial charge in [-0.1, -0.05) is 113 Å². The fourth-order valence-electron chi connectivity index (χ4n) is 10.5. The number of para-hydroxylation sites is 4. The average molecular weight is 829 g/mol. The maximum atomic E-state index is 6.55. The van der Waals surface area contributed by atoms with Gasteiger partial charge in [0.05, 0.1) is 28.4 Å². The van der Waals surface area contributed by atoms with Crippen LogP contribution in [0.4, 0.5) is 34.1 Å². The Hall–Kier alpha value is -8.10. The molecule has 8 nitrogen and oxygen atoms in total. The second-order valence-electron chi connectivity index (χ2n) is 17.9. The van der Waals surface area contributed by atoms with Crippen LogP contribution in [0.3, 0.4) is 0 Å². The van der Waals surface area contributed by atoms with Crippen LogP contribution in [0, 0.1) is 0 Å². The maximum Gasteiger partial charge on any atom is 0.247 e. The van der Waals surface area contributed by atoms with Gasteiger partial charge in [0.2, 0.25) is 23.2 Å². The maximum absolute atomic E-state index is 6.55. The lowest BCUT2D eigenvalue weighted by molar-refractivity contribution is 0.607. The monoisotopic (exact) mass is 828 g/mol. The predicted octanol–water partition coefficient (Wildman–Crippen LogP) is 14.6. The fourth-order valence-corrected chi connectivity index (χ4v) is 10.5. The number of benzene rings is 7. The number of anilines is 6. The molecule has 0 saturated heterocycles. The number of hydrogen-bond acceptors (Lipinski definition) is 8. The van der Waals surface area contributed by atoms with Crippen molar-refractivity contribution < 1.29 is 8.83 Å². The molecule has 8 heteroatoms. The number of pyridine rings is 2. The van der Waals surface area contributed by atoms with Crippen molar-refractivity contribution in [3.05, 3.63) is 192 Å². The summed E-state index contributed by atoms with van der Waals surface area (Å²) in [4.78, 5) is 24.0. The summed E-state index contributed by atoms with van der Waals surface area (Å²) in [6.45, 7) is 9.26. The molecule has 6 heterocycles. The molecule has 2 aliphatic heterocycles. The van der Waals surface area contributed by atoms with Gasteiger partial charge in [-0.2, -0.15) is 0 Å². The lowest BCUT2D eigenvalue weighted by Crippen LogP contribution is -2.30. The standard InChI is InChI=1S/C56H40N6O2/c1-55(2)40-15-5-9-21-46(40)61(47-22-10-6-16-41(47)55)34-31-38-35(39(32-34)52-60-45-20-14-28-58-54(45)64-52)25-26-36-37(38)29-33(51-59-44-19-13-27-57-53(44)63-51)30-50(36)62-48-23-11-7-17-42(48)56(3,4)43-18-8-12-24-49(43)62/h5-32H,1-4H3. The van der Waals surface area contributed by atoms with E-state index in [4.69, 9.17) is 18.8 Å². The highest BCUT2D eigenvalue weighted by Crippen LogP contribution is 2.56. The van der Waals surface area contributed by atoms with Crippen LogP contribution in [0.2, 0.25) is 0 Å². The number of fused-ring (bicyclic) bond motifs is 9.